The number of nitrogens with two attached hydrogens (primary N) is 1. The average molecular weight is 485 g/mol. The molecule has 3 N–H and O–H groups in total. The van der Waals surface area contributed by atoms with E-state index < -0.39 is 22.5 Å². The number of para-hydroxylation sites is 3. The molecule has 34 heavy (non-hydrogen) atoms. The minimum atomic E-state index is -3.98. The highest BCUT2D eigenvalue weighted by molar-refractivity contribution is 7.89. The number of halogens is 2. The van der Waals surface area contributed by atoms with Gasteiger partial charge in [0.05, 0.1) is 10.4 Å². The van der Waals surface area contributed by atoms with Gasteiger partial charge in [0.2, 0.25) is 15.9 Å². The van der Waals surface area contributed by atoms with Crippen molar-refractivity contribution in [3.05, 3.63) is 84.4 Å². The molecule has 0 saturated heterocycles. The smallest absolute Gasteiger partial charge is 0.387 e. The van der Waals surface area contributed by atoms with Crippen molar-refractivity contribution in [1.82, 2.24) is 4.98 Å². The number of carbonyl (C=O) groups excluding carboxylic acids is 1. The molecule has 0 fully saturated rings. The lowest BCUT2D eigenvalue weighted by Crippen LogP contribution is -2.16. The summed E-state index contributed by atoms with van der Waals surface area (Å²) in [7, 11) is -3.98. The molecule has 4 rings (SSSR count). The number of pyridine rings is 1. The Labute approximate surface area is 193 Å². The minimum absolute atomic E-state index is 0.0217. The number of fused-ring (bicyclic) bond motifs is 1. The second-order valence-electron chi connectivity index (χ2n) is 6.99. The first-order valence-electron chi connectivity index (χ1n) is 9.76. The summed E-state index contributed by atoms with van der Waals surface area (Å²) >= 11 is 0. The molecule has 0 aliphatic heterocycles. The molecule has 1 aromatic heterocycles. The lowest BCUT2D eigenvalue weighted by atomic mass is 10.1. The number of anilines is 1. The zero-order valence-corrected chi connectivity index (χ0v) is 18.1. The van der Waals surface area contributed by atoms with E-state index in [1.54, 1.807) is 30.3 Å². The van der Waals surface area contributed by atoms with Gasteiger partial charge in [0.15, 0.2) is 11.5 Å². The Bertz CT molecular complexity index is 1480. The largest absolute Gasteiger partial charge is 0.434 e. The maximum Gasteiger partial charge on any atom is 0.387 e. The monoisotopic (exact) mass is 485 g/mol. The number of hydrogen-bond acceptors (Lipinski definition) is 6. The molecule has 0 atom stereocenters. The van der Waals surface area contributed by atoms with E-state index in [2.05, 4.69) is 15.0 Å². The minimum Gasteiger partial charge on any atom is -0.434 e. The summed E-state index contributed by atoms with van der Waals surface area (Å²) in [5.74, 6) is -1.15. The van der Waals surface area contributed by atoms with E-state index >= 15 is 0 Å². The van der Waals surface area contributed by atoms with Gasteiger partial charge in [-0.05, 0) is 42.5 Å². The van der Waals surface area contributed by atoms with Crippen LogP contribution >= 0.6 is 0 Å². The van der Waals surface area contributed by atoms with Crippen LogP contribution in [0.3, 0.4) is 0 Å². The van der Waals surface area contributed by atoms with Gasteiger partial charge in [0, 0.05) is 11.1 Å². The maximum atomic E-state index is 13.1. The first-order chi connectivity index (χ1) is 16.2. The lowest BCUT2D eigenvalue weighted by molar-refractivity contribution is -0.0510. The summed E-state index contributed by atoms with van der Waals surface area (Å²) < 4.78 is 59.1. The van der Waals surface area contributed by atoms with Gasteiger partial charge in [-0.3, -0.25) is 4.79 Å². The average Bonchev–Trinajstić information content (AvgIpc) is 2.79. The summed E-state index contributed by atoms with van der Waals surface area (Å²) in [5, 5.41) is 8.35. The highest BCUT2D eigenvalue weighted by Crippen LogP contribution is 2.34. The topological polar surface area (TPSA) is 121 Å². The molecule has 0 aliphatic carbocycles. The van der Waals surface area contributed by atoms with Crippen LogP contribution in [0.4, 0.5) is 14.5 Å². The molecule has 11 heteroatoms. The van der Waals surface area contributed by atoms with E-state index in [-0.39, 0.29) is 33.5 Å². The molecule has 0 radical (unpaired) electrons. The third-order valence-corrected chi connectivity index (χ3v) is 5.54. The number of hydrogen-bond donors (Lipinski definition) is 2. The fraction of sp³-hybridized carbons (Fsp3) is 0.0435. The molecule has 0 aliphatic rings. The number of sulfonamides is 1. The van der Waals surface area contributed by atoms with Crippen molar-refractivity contribution >= 4 is 32.5 Å². The molecule has 3 aromatic carbocycles. The number of ether oxygens (including phenoxy) is 2. The van der Waals surface area contributed by atoms with Crippen LogP contribution in [-0.4, -0.2) is 25.9 Å². The fourth-order valence-corrected chi connectivity index (χ4v) is 3.68. The van der Waals surface area contributed by atoms with Crippen LogP contribution in [0.1, 0.15) is 10.4 Å². The fourth-order valence-electron chi connectivity index (χ4n) is 3.12. The summed E-state index contributed by atoms with van der Waals surface area (Å²) in [6, 6.07) is 19.6. The van der Waals surface area contributed by atoms with Crippen molar-refractivity contribution in [1.29, 1.82) is 0 Å². The van der Waals surface area contributed by atoms with Crippen molar-refractivity contribution in [2.75, 3.05) is 5.32 Å². The quantitative estimate of drug-likeness (QED) is 0.397. The van der Waals surface area contributed by atoms with Crippen LogP contribution in [-0.2, 0) is 10.0 Å². The van der Waals surface area contributed by atoms with Gasteiger partial charge < -0.3 is 14.8 Å². The number of benzene rings is 3. The molecular weight excluding hydrogens is 468 g/mol. The Hall–Kier alpha value is -4.09. The molecule has 1 heterocycles. The Morgan fingerprint density at radius 3 is 2.38 bits per heavy atom. The van der Waals surface area contributed by atoms with E-state index in [9.17, 15) is 22.0 Å². The molecular formula is C23H17F2N3O5S. The number of alkyl halides is 2. The Kier molecular flexibility index (Phi) is 6.39. The number of rotatable bonds is 7. The summed E-state index contributed by atoms with van der Waals surface area (Å²) in [4.78, 5) is 17.3. The Morgan fingerprint density at radius 2 is 1.65 bits per heavy atom. The van der Waals surface area contributed by atoms with Crippen molar-refractivity contribution in [2.24, 2.45) is 5.14 Å². The van der Waals surface area contributed by atoms with Gasteiger partial charge in [-0.15, -0.1) is 0 Å². The van der Waals surface area contributed by atoms with Crippen molar-refractivity contribution < 1.29 is 31.5 Å². The van der Waals surface area contributed by atoms with Crippen LogP contribution < -0.4 is 19.9 Å². The SMILES string of the molecule is NS(=O)(=O)c1cccc(NC(=O)c2cc3ccccc3nc2Oc2ccccc2OC(F)F)c1. The third kappa shape index (κ3) is 5.27. The predicted molar refractivity (Wildman–Crippen MR) is 121 cm³/mol. The number of nitrogens with zero attached hydrogens (tertiary/aromatic N) is 1. The van der Waals surface area contributed by atoms with Crippen molar-refractivity contribution in [3.63, 3.8) is 0 Å². The molecule has 1 amide bonds. The third-order valence-electron chi connectivity index (χ3n) is 4.63. The molecule has 0 unspecified atom stereocenters. The van der Waals surface area contributed by atoms with Gasteiger partial charge >= 0.3 is 6.61 Å². The second-order valence-corrected chi connectivity index (χ2v) is 8.55. The van der Waals surface area contributed by atoms with Gasteiger partial charge in [-0.1, -0.05) is 36.4 Å². The van der Waals surface area contributed by atoms with Crippen LogP contribution in [0.5, 0.6) is 17.4 Å². The Balaban J connectivity index is 1.74. The van der Waals surface area contributed by atoms with Gasteiger partial charge in [0.1, 0.15) is 5.56 Å². The lowest BCUT2D eigenvalue weighted by Gasteiger charge is -2.15. The molecule has 0 saturated carbocycles. The van der Waals surface area contributed by atoms with Crippen molar-refractivity contribution in [3.8, 4) is 17.4 Å². The molecule has 0 spiro atoms. The number of nitrogens with one attached hydrogen (secondary N) is 1. The van der Waals surface area contributed by atoms with E-state index in [0.29, 0.717) is 10.9 Å². The second kappa shape index (κ2) is 9.41. The summed E-state index contributed by atoms with van der Waals surface area (Å²) in [6.07, 6.45) is 0. The van der Waals surface area contributed by atoms with Gasteiger partial charge in [-0.2, -0.15) is 8.78 Å². The van der Waals surface area contributed by atoms with E-state index in [1.165, 1.54) is 48.5 Å². The predicted octanol–water partition coefficient (Wildman–Crippen LogP) is 4.53. The summed E-state index contributed by atoms with van der Waals surface area (Å²) in [5.41, 5.74) is 0.640. The molecule has 8 nitrogen and oxygen atoms in total. The highest BCUT2D eigenvalue weighted by atomic mass is 32.2. The summed E-state index contributed by atoms with van der Waals surface area (Å²) in [6.45, 7) is -3.08. The first-order valence-corrected chi connectivity index (χ1v) is 11.3. The molecule has 4 aromatic rings. The molecule has 174 valence electrons. The van der Waals surface area contributed by atoms with E-state index in [4.69, 9.17) is 9.88 Å². The number of primary sulfonamides is 1. The normalized spacial score (nSPS) is 11.4. The van der Waals surface area contributed by atoms with Crippen LogP contribution in [0.25, 0.3) is 10.9 Å². The zero-order chi connectivity index (χ0) is 24.3. The Morgan fingerprint density at radius 1 is 0.941 bits per heavy atom. The maximum absolute atomic E-state index is 13.1. The highest BCUT2D eigenvalue weighted by Gasteiger charge is 2.20. The van der Waals surface area contributed by atoms with Crippen molar-refractivity contribution in [2.45, 2.75) is 11.5 Å². The first kappa shape index (κ1) is 23.1. The number of aromatic nitrogens is 1. The van der Waals surface area contributed by atoms with E-state index in [1.807, 2.05) is 0 Å². The van der Waals surface area contributed by atoms with E-state index in [0.717, 1.165) is 0 Å². The van der Waals surface area contributed by atoms with Gasteiger partial charge in [-0.25, -0.2) is 18.5 Å². The number of carbonyl (C=O) groups is 1. The standard InChI is InChI=1S/C23H17F2N3O5S/c24-23(25)33-20-11-4-3-10-19(20)32-22-17(12-14-6-1-2-9-18(14)28-22)21(29)27-15-7-5-8-16(13-15)34(26,30)31/h1-13,23H,(H,27,29)(H2,26,30,31). The van der Waals surface area contributed by atoms with Crippen LogP contribution in [0.2, 0.25) is 0 Å². The molecule has 0 bridgehead atoms. The zero-order valence-electron chi connectivity index (χ0n) is 17.3. The van der Waals surface area contributed by atoms with Crippen LogP contribution in [0.15, 0.2) is 83.8 Å². The van der Waals surface area contributed by atoms with Crippen LogP contribution in [0, 0.1) is 0 Å². The number of amides is 1. The van der Waals surface area contributed by atoms with Gasteiger partial charge in [0.25, 0.3) is 5.91 Å².